The van der Waals surface area contributed by atoms with E-state index in [0.29, 0.717) is 18.4 Å². The molecule has 0 amide bonds. The predicted molar refractivity (Wildman–Crippen MR) is 70.6 cm³/mol. The Morgan fingerprint density at radius 1 is 1.42 bits per heavy atom. The first-order chi connectivity index (χ1) is 9.10. The highest BCUT2D eigenvalue weighted by molar-refractivity contribution is 5.69. The molecule has 0 aromatic heterocycles. The first-order valence-electron chi connectivity index (χ1n) is 7.08. The SMILES string of the molecule is CCC1CC(CC(O)CC(=O)OCOC)C(CC)O1. The van der Waals surface area contributed by atoms with Crippen molar-refractivity contribution in [3.05, 3.63) is 0 Å². The van der Waals surface area contributed by atoms with Crippen molar-refractivity contribution in [2.75, 3.05) is 13.9 Å². The summed E-state index contributed by atoms with van der Waals surface area (Å²) < 4.78 is 15.3. The van der Waals surface area contributed by atoms with Gasteiger partial charge in [0.1, 0.15) is 0 Å². The van der Waals surface area contributed by atoms with Gasteiger partial charge in [0.2, 0.25) is 0 Å². The average Bonchev–Trinajstić information content (AvgIpc) is 2.78. The number of hydrogen-bond acceptors (Lipinski definition) is 5. The van der Waals surface area contributed by atoms with Crippen LogP contribution in [0.1, 0.15) is 46.0 Å². The topological polar surface area (TPSA) is 65.0 Å². The minimum atomic E-state index is -0.664. The molecule has 0 aromatic carbocycles. The van der Waals surface area contributed by atoms with Crippen LogP contribution in [0.2, 0.25) is 0 Å². The lowest BCUT2D eigenvalue weighted by Gasteiger charge is -2.19. The van der Waals surface area contributed by atoms with Crippen LogP contribution in [0.25, 0.3) is 0 Å². The number of hydrogen-bond donors (Lipinski definition) is 1. The molecule has 1 rings (SSSR count). The summed E-state index contributed by atoms with van der Waals surface area (Å²) in [6.07, 6.45) is 3.37. The molecule has 4 atom stereocenters. The monoisotopic (exact) mass is 274 g/mol. The molecule has 0 aliphatic carbocycles. The summed E-state index contributed by atoms with van der Waals surface area (Å²) in [6, 6.07) is 0. The standard InChI is InChI=1S/C14H26O5/c1-4-12-7-10(13(5-2)19-12)6-11(15)8-14(16)18-9-17-3/h10-13,15H,4-9H2,1-3H3. The van der Waals surface area contributed by atoms with Gasteiger partial charge in [-0.25, -0.2) is 0 Å². The lowest BCUT2D eigenvalue weighted by atomic mass is 9.90. The normalized spacial score (nSPS) is 28.3. The summed E-state index contributed by atoms with van der Waals surface area (Å²) in [5.74, 6) is -0.0893. The van der Waals surface area contributed by atoms with Crippen molar-refractivity contribution in [1.29, 1.82) is 0 Å². The van der Waals surface area contributed by atoms with Crippen molar-refractivity contribution in [2.45, 2.75) is 64.3 Å². The first kappa shape index (κ1) is 16.4. The molecule has 0 spiro atoms. The number of aliphatic hydroxyl groups is 1. The fourth-order valence-corrected chi connectivity index (χ4v) is 2.65. The predicted octanol–water partition coefficient (Wildman–Crippen LogP) is 1.87. The van der Waals surface area contributed by atoms with Crippen molar-refractivity contribution in [1.82, 2.24) is 0 Å². The van der Waals surface area contributed by atoms with Crippen LogP contribution in [0.3, 0.4) is 0 Å². The van der Waals surface area contributed by atoms with E-state index in [9.17, 15) is 9.90 Å². The lowest BCUT2D eigenvalue weighted by molar-refractivity contribution is -0.156. The molecule has 1 aliphatic rings. The number of esters is 1. The Bertz CT molecular complexity index is 269. The van der Waals surface area contributed by atoms with Crippen molar-refractivity contribution in [3.8, 4) is 0 Å². The first-order valence-corrected chi connectivity index (χ1v) is 7.08. The molecule has 0 bridgehead atoms. The highest BCUT2D eigenvalue weighted by Gasteiger charge is 2.34. The third kappa shape index (κ3) is 5.47. The van der Waals surface area contributed by atoms with E-state index in [2.05, 4.69) is 18.6 Å². The van der Waals surface area contributed by atoms with E-state index < -0.39 is 12.1 Å². The Kier molecular flexibility index (Phi) is 7.34. The fourth-order valence-electron chi connectivity index (χ4n) is 2.65. The van der Waals surface area contributed by atoms with Crippen LogP contribution in [-0.2, 0) is 19.0 Å². The molecule has 0 saturated carbocycles. The number of carbonyl (C=O) groups is 1. The zero-order chi connectivity index (χ0) is 14.3. The van der Waals surface area contributed by atoms with Gasteiger partial charge in [0.05, 0.1) is 24.7 Å². The van der Waals surface area contributed by atoms with Crippen molar-refractivity contribution >= 4 is 5.97 Å². The van der Waals surface area contributed by atoms with Crippen LogP contribution in [-0.4, -0.2) is 43.3 Å². The van der Waals surface area contributed by atoms with Gasteiger partial charge in [-0.2, -0.15) is 0 Å². The highest BCUT2D eigenvalue weighted by Crippen LogP contribution is 2.33. The average molecular weight is 274 g/mol. The Labute approximate surface area is 115 Å². The third-order valence-electron chi connectivity index (χ3n) is 3.63. The van der Waals surface area contributed by atoms with Crippen LogP contribution >= 0.6 is 0 Å². The molecule has 5 nitrogen and oxygen atoms in total. The summed E-state index contributed by atoms with van der Waals surface area (Å²) in [5, 5.41) is 9.95. The molecular formula is C14H26O5. The van der Waals surface area contributed by atoms with E-state index >= 15 is 0 Å². The fraction of sp³-hybridized carbons (Fsp3) is 0.929. The van der Waals surface area contributed by atoms with Gasteiger partial charge >= 0.3 is 5.97 Å². The largest absolute Gasteiger partial charge is 0.438 e. The number of aliphatic hydroxyl groups excluding tert-OH is 1. The number of rotatable bonds is 8. The second-order valence-corrected chi connectivity index (χ2v) is 5.13. The molecule has 19 heavy (non-hydrogen) atoms. The van der Waals surface area contributed by atoms with Crippen molar-refractivity contribution in [2.24, 2.45) is 5.92 Å². The Hall–Kier alpha value is -0.650. The van der Waals surface area contributed by atoms with Gasteiger partial charge < -0.3 is 19.3 Å². The molecule has 1 saturated heterocycles. The van der Waals surface area contributed by atoms with E-state index in [0.717, 1.165) is 19.3 Å². The van der Waals surface area contributed by atoms with Crippen LogP contribution in [0, 0.1) is 5.92 Å². The number of ether oxygens (including phenoxy) is 3. The number of methoxy groups -OCH3 is 1. The maximum absolute atomic E-state index is 11.4. The Morgan fingerprint density at radius 2 is 2.16 bits per heavy atom. The van der Waals surface area contributed by atoms with Gasteiger partial charge in [0.25, 0.3) is 0 Å². The van der Waals surface area contributed by atoms with Gasteiger partial charge in [0, 0.05) is 7.11 Å². The lowest BCUT2D eigenvalue weighted by Crippen LogP contribution is -2.23. The van der Waals surface area contributed by atoms with Gasteiger partial charge in [-0.1, -0.05) is 13.8 Å². The molecule has 1 heterocycles. The second-order valence-electron chi connectivity index (χ2n) is 5.13. The van der Waals surface area contributed by atoms with E-state index in [1.807, 2.05) is 0 Å². The summed E-state index contributed by atoms with van der Waals surface area (Å²) in [4.78, 5) is 11.4. The molecule has 1 N–H and O–H groups in total. The zero-order valence-electron chi connectivity index (χ0n) is 12.1. The van der Waals surface area contributed by atoms with Crippen LogP contribution in [0.15, 0.2) is 0 Å². The van der Waals surface area contributed by atoms with E-state index in [1.54, 1.807) is 0 Å². The summed E-state index contributed by atoms with van der Waals surface area (Å²) in [6.45, 7) is 4.14. The molecule has 0 radical (unpaired) electrons. The molecule has 1 aliphatic heterocycles. The number of carbonyl (C=O) groups excluding carboxylic acids is 1. The molecule has 1 fully saturated rings. The molecule has 112 valence electrons. The smallest absolute Gasteiger partial charge is 0.310 e. The Balaban J connectivity index is 2.34. The molecule has 4 unspecified atom stereocenters. The summed E-state index contributed by atoms with van der Waals surface area (Å²) in [7, 11) is 1.45. The van der Waals surface area contributed by atoms with Gasteiger partial charge in [-0.05, 0) is 31.6 Å². The maximum atomic E-state index is 11.4. The summed E-state index contributed by atoms with van der Waals surface area (Å²) in [5.41, 5.74) is 0. The van der Waals surface area contributed by atoms with Crippen molar-refractivity contribution < 1.29 is 24.1 Å². The highest BCUT2D eigenvalue weighted by atomic mass is 16.7. The van der Waals surface area contributed by atoms with Gasteiger partial charge in [-0.15, -0.1) is 0 Å². The van der Waals surface area contributed by atoms with Crippen LogP contribution < -0.4 is 0 Å². The van der Waals surface area contributed by atoms with Crippen LogP contribution in [0.5, 0.6) is 0 Å². The van der Waals surface area contributed by atoms with Gasteiger partial charge in [-0.3, -0.25) is 4.79 Å². The minimum absolute atomic E-state index is 0.0209. The maximum Gasteiger partial charge on any atom is 0.310 e. The minimum Gasteiger partial charge on any atom is -0.438 e. The molecular weight excluding hydrogens is 248 g/mol. The Morgan fingerprint density at radius 3 is 2.74 bits per heavy atom. The van der Waals surface area contributed by atoms with Crippen molar-refractivity contribution in [3.63, 3.8) is 0 Å². The van der Waals surface area contributed by atoms with Gasteiger partial charge in [0.15, 0.2) is 6.79 Å². The summed E-state index contributed by atoms with van der Waals surface area (Å²) >= 11 is 0. The van der Waals surface area contributed by atoms with E-state index in [-0.39, 0.29) is 19.3 Å². The third-order valence-corrected chi connectivity index (χ3v) is 3.63. The van der Waals surface area contributed by atoms with E-state index in [1.165, 1.54) is 7.11 Å². The van der Waals surface area contributed by atoms with Crippen LogP contribution in [0.4, 0.5) is 0 Å². The van der Waals surface area contributed by atoms with E-state index in [4.69, 9.17) is 9.47 Å². The molecule has 0 aromatic rings. The second kappa shape index (κ2) is 8.51. The quantitative estimate of drug-likeness (QED) is 0.540. The molecule has 5 heteroatoms. The zero-order valence-corrected chi connectivity index (χ0v) is 12.1.